The average Bonchev–Trinajstić information content (AvgIpc) is 3.23. The minimum absolute atomic E-state index is 0.157. The van der Waals surface area contributed by atoms with E-state index in [1.807, 2.05) is 31.4 Å². The van der Waals surface area contributed by atoms with Crippen LogP contribution in [0.3, 0.4) is 0 Å². The Bertz CT molecular complexity index is 505. The monoisotopic (exact) mass is 260 g/mol. The SMILES string of the molecule is CSc1ccccc1C(=O)NC(C)(C#N)C1CC1. The summed E-state index contributed by atoms with van der Waals surface area (Å²) in [6, 6.07) is 9.71. The van der Waals surface area contributed by atoms with E-state index < -0.39 is 5.54 Å². The van der Waals surface area contributed by atoms with Crippen molar-refractivity contribution < 1.29 is 4.79 Å². The normalized spacial score (nSPS) is 17.6. The van der Waals surface area contributed by atoms with Crippen molar-refractivity contribution in [1.82, 2.24) is 5.32 Å². The van der Waals surface area contributed by atoms with Gasteiger partial charge in [-0.25, -0.2) is 0 Å². The molecule has 1 fully saturated rings. The fourth-order valence-electron chi connectivity index (χ4n) is 2.02. The van der Waals surface area contributed by atoms with Crippen LogP contribution in [-0.2, 0) is 0 Å². The molecule has 1 aliphatic rings. The second-order valence-electron chi connectivity index (χ2n) is 4.74. The highest BCUT2D eigenvalue weighted by Crippen LogP contribution is 2.39. The van der Waals surface area contributed by atoms with E-state index in [2.05, 4.69) is 11.4 Å². The first kappa shape index (κ1) is 13.0. The van der Waals surface area contributed by atoms with Gasteiger partial charge in [0.05, 0.1) is 11.6 Å². The molecule has 94 valence electrons. The Morgan fingerprint density at radius 2 is 2.17 bits per heavy atom. The molecule has 1 atom stereocenters. The second-order valence-corrected chi connectivity index (χ2v) is 5.59. The van der Waals surface area contributed by atoms with Gasteiger partial charge < -0.3 is 5.32 Å². The fraction of sp³-hybridized carbons (Fsp3) is 0.429. The van der Waals surface area contributed by atoms with Gasteiger partial charge in [-0.3, -0.25) is 4.79 Å². The third-order valence-corrected chi connectivity index (χ3v) is 4.15. The van der Waals surface area contributed by atoms with Crippen LogP contribution in [0.25, 0.3) is 0 Å². The molecule has 18 heavy (non-hydrogen) atoms. The number of rotatable bonds is 4. The van der Waals surface area contributed by atoms with Gasteiger partial charge in [0, 0.05) is 4.90 Å². The molecular weight excluding hydrogens is 244 g/mol. The van der Waals surface area contributed by atoms with Crippen LogP contribution in [0.1, 0.15) is 30.1 Å². The Labute approximate surface area is 112 Å². The number of nitrogens with zero attached hydrogens (tertiary/aromatic N) is 1. The lowest BCUT2D eigenvalue weighted by Crippen LogP contribution is -2.46. The Kier molecular flexibility index (Phi) is 3.63. The van der Waals surface area contributed by atoms with Crippen molar-refractivity contribution in [3.8, 4) is 6.07 Å². The van der Waals surface area contributed by atoms with Gasteiger partial charge in [0.2, 0.25) is 0 Å². The van der Waals surface area contributed by atoms with E-state index in [4.69, 9.17) is 0 Å². The van der Waals surface area contributed by atoms with Crippen LogP contribution in [0.2, 0.25) is 0 Å². The highest BCUT2D eigenvalue weighted by molar-refractivity contribution is 7.98. The summed E-state index contributed by atoms with van der Waals surface area (Å²) in [5.41, 5.74) is -0.0880. The number of hydrogen-bond donors (Lipinski definition) is 1. The van der Waals surface area contributed by atoms with Crippen LogP contribution in [-0.4, -0.2) is 17.7 Å². The number of carbonyl (C=O) groups excluding carboxylic acids is 1. The van der Waals surface area contributed by atoms with Crippen molar-refractivity contribution in [3.05, 3.63) is 29.8 Å². The van der Waals surface area contributed by atoms with E-state index in [9.17, 15) is 10.1 Å². The summed E-state index contributed by atoms with van der Waals surface area (Å²) in [6.07, 6.45) is 3.99. The van der Waals surface area contributed by atoms with Gasteiger partial charge in [-0.05, 0) is 44.1 Å². The summed E-state index contributed by atoms with van der Waals surface area (Å²) < 4.78 is 0. The summed E-state index contributed by atoms with van der Waals surface area (Å²) in [4.78, 5) is 13.2. The number of benzene rings is 1. The van der Waals surface area contributed by atoms with Crippen LogP contribution < -0.4 is 5.32 Å². The molecule has 1 aromatic rings. The summed E-state index contributed by atoms with van der Waals surface area (Å²) in [5.74, 6) is 0.142. The summed E-state index contributed by atoms with van der Waals surface area (Å²) >= 11 is 1.54. The molecule has 1 unspecified atom stereocenters. The molecular formula is C14H16N2OS. The standard InChI is InChI=1S/C14H16N2OS/c1-14(9-15,10-7-8-10)16-13(17)11-5-3-4-6-12(11)18-2/h3-6,10H,7-8H2,1-2H3,(H,16,17). The van der Waals surface area contributed by atoms with E-state index in [-0.39, 0.29) is 5.91 Å². The molecule has 0 heterocycles. The summed E-state index contributed by atoms with van der Waals surface area (Å²) in [5, 5.41) is 12.1. The molecule has 1 amide bonds. The van der Waals surface area contributed by atoms with E-state index >= 15 is 0 Å². The number of nitriles is 1. The number of thioether (sulfide) groups is 1. The lowest BCUT2D eigenvalue weighted by atomic mass is 9.97. The smallest absolute Gasteiger partial charge is 0.253 e. The van der Waals surface area contributed by atoms with Crippen molar-refractivity contribution in [2.75, 3.05) is 6.26 Å². The molecule has 4 heteroatoms. The first-order valence-electron chi connectivity index (χ1n) is 5.97. The molecule has 1 saturated carbocycles. The zero-order valence-corrected chi connectivity index (χ0v) is 11.4. The number of carbonyl (C=O) groups is 1. The maximum atomic E-state index is 12.3. The molecule has 0 aliphatic heterocycles. The summed E-state index contributed by atoms with van der Waals surface area (Å²) in [7, 11) is 0. The van der Waals surface area contributed by atoms with E-state index in [0.717, 1.165) is 17.7 Å². The molecule has 0 radical (unpaired) electrons. The highest BCUT2D eigenvalue weighted by atomic mass is 32.2. The van der Waals surface area contributed by atoms with Gasteiger partial charge in [-0.15, -0.1) is 11.8 Å². The zero-order valence-electron chi connectivity index (χ0n) is 10.6. The van der Waals surface area contributed by atoms with Crippen LogP contribution in [0.15, 0.2) is 29.2 Å². The molecule has 1 aliphatic carbocycles. The van der Waals surface area contributed by atoms with Gasteiger partial charge in [0.25, 0.3) is 5.91 Å². The largest absolute Gasteiger partial charge is 0.334 e. The predicted molar refractivity (Wildman–Crippen MR) is 72.4 cm³/mol. The molecule has 1 N–H and O–H groups in total. The number of amides is 1. The minimum atomic E-state index is -0.734. The Morgan fingerprint density at radius 1 is 1.50 bits per heavy atom. The number of hydrogen-bond acceptors (Lipinski definition) is 3. The fourth-order valence-corrected chi connectivity index (χ4v) is 2.61. The molecule has 0 aromatic heterocycles. The first-order chi connectivity index (χ1) is 8.60. The van der Waals surface area contributed by atoms with Crippen molar-refractivity contribution in [2.45, 2.75) is 30.2 Å². The van der Waals surface area contributed by atoms with Crippen molar-refractivity contribution >= 4 is 17.7 Å². The molecule has 3 nitrogen and oxygen atoms in total. The van der Waals surface area contributed by atoms with E-state index in [1.54, 1.807) is 6.07 Å². The number of nitrogens with one attached hydrogen (secondary N) is 1. The third-order valence-electron chi connectivity index (χ3n) is 3.35. The second kappa shape index (κ2) is 5.03. The van der Waals surface area contributed by atoms with E-state index in [1.165, 1.54) is 11.8 Å². The highest BCUT2D eigenvalue weighted by Gasteiger charge is 2.43. The van der Waals surface area contributed by atoms with Gasteiger partial charge in [0.1, 0.15) is 5.54 Å². The lowest BCUT2D eigenvalue weighted by Gasteiger charge is -2.23. The maximum Gasteiger partial charge on any atom is 0.253 e. The van der Waals surface area contributed by atoms with Crippen LogP contribution in [0.5, 0.6) is 0 Å². The zero-order chi connectivity index (χ0) is 13.2. The van der Waals surface area contributed by atoms with E-state index in [0.29, 0.717) is 11.5 Å². The van der Waals surface area contributed by atoms with Crippen LogP contribution >= 0.6 is 11.8 Å². The Hall–Kier alpha value is -1.47. The first-order valence-corrected chi connectivity index (χ1v) is 7.20. The quantitative estimate of drug-likeness (QED) is 0.847. The van der Waals surface area contributed by atoms with Crippen molar-refractivity contribution in [2.24, 2.45) is 5.92 Å². The molecule has 0 saturated heterocycles. The lowest BCUT2D eigenvalue weighted by molar-refractivity contribution is 0.0914. The predicted octanol–water partition coefficient (Wildman–Crippen LogP) is 2.83. The topological polar surface area (TPSA) is 52.9 Å². The molecule has 0 spiro atoms. The van der Waals surface area contributed by atoms with Crippen LogP contribution in [0.4, 0.5) is 0 Å². The van der Waals surface area contributed by atoms with Gasteiger partial charge in [-0.2, -0.15) is 5.26 Å². The van der Waals surface area contributed by atoms with Crippen molar-refractivity contribution in [1.29, 1.82) is 5.26 Å². The van der Waals surface area contributed by atoms with Gasteiger partial charge >= 0.3 is 0 Å². The maximum absolute atomic E-state index is 12.3. The Balaban J connectivity index is 2.19. The molecule has 0 bridgehead atoms. The molecule has 2 rings (SSSR count). The summed E-state index contributed by atoms with van der Waals surface area (Å²) in [6.45, 7) is 1.81. The Morgan fingerprint density at radius 3 is 2.72 bits per heavy atom. The van der Waals surface area contributed by atoms with Crippen molar-refractivity contribution in [3.63, 3.8) is 0 Å². The van der Waals surface area contributed by atoms with Gasteiger partial charge in [0.15, 0.2) is 0 Å². The van der Waals surface area contributed by atoms with Crippen LogP contribution in [0, 0.1) is 17.2 Å². The van der Waals surface area contributed by atoms with Gasteiger partial charge in [-0.1, -0.05) is 12.1 Å². The average molecular weight is 260 g/mol. The minimum Gasteiger partial charge on any atom is -0.334 e. The molecule has 1 aromatic carbocycles. The third kappa shape index (κ3) is 2.51.